The van der Waals surface area contributed by atoms with Crippen molar-refractivity contribution in [3.63, 3.8) is 0 Å². The first-order valence-electron chi connectivity index (χ1n) is 21.5. The standard InChI is InChI=1S/C48H54N6O4/c1-4-30-26-53-20-16-32(30)23-43(53)45(35-14-18-49-41-12-10-29(28-55)22-39(35)41)57-47-37-8-6-7-9-38(37)48(52-51-47)58-46(44-24-33-17-21-54(44)27-31(33)5-2)36-15-19-50-42-13-11-34(56-3)25-40(36)42/h6-15,18-19,22,25,30-33,43-46,55H,4-5,16-17,20-21,23-24,26-28H2,1-3H3/t30?,31?,32?,33-,43+,44+,45-,46-/m1/s1. The summed E-state index contributed by atoms with van der Waals surface area (Å²) in [5, 5.41) is 23.7. The minimum Gasteiger partial charge on any atom is -0.497 e. The Bertz CT molecular complexity index is 2280. The average molecular weight is 779 g/mol. The summed E-state index contributed by atoms with van der Waals surface area (Å²) < 4.78 is 20.3. The van der Waals surface area contributed by atoms with Gasteiger partial charge in [0.15, 0.2) is 0 Å². The van der Waals surface area contributed by atoms with Crippen LogP contribution in [-0.4, -0.2) is 80.4 Å². The molecule has 0 amide bonds. The van der Waals surface area contributed by atoms with Crippen LogP contribution in [0.15, 0.2) is 85.2 Å². The van der Waals surface area contributed by atoms with Gasteiger partial charge in [-0.3, -0.25) is 19.8 Å². The zero-order valence-electron chi connectivity index (χ0n) is 33.8. The fourth-order valence-electron chi connectivity index (χ4n) is 11.2. The molecule has 0 spiro atoms. The highest BCUT2D eigenvalue weighted by Gasteiger charge is 2.46. The fraction of sp³-hybridized carbons (Fsp3) is 0.458. The minimum atomic E-state index is -0.326. The van der Waals surface area contributed by atoms with Gasteiger partial charge in [-0.2, -0.15) is 0 Å². The number of ether oxygens (including phenoxy) is 3. The molecule has 0 aliphatic carbocycles. The summed E-state index contributed by atoms with van der Waals surface area (Å²) in [5.74, 6) is 4.52. The number of nitrogens with zero attached hydrogens (tertiary/aromatic N) is 6. The van der Waals surface area contributed by atoms with Crippen molar-refractivity contribution in [1.29, 1.82) is 0 Å². The predicted molar refractivity (Wildman–Crippen MR) is 226 cm³/mol. The summed E-state index contributed by atoms with van der Waals surface area (Å²) in [6.07, 6.45) is 10.1. The van der Waals surface area contributed by atoms with Crippen LogP contribution in [-0.2, 0) is 6.61 Å². The van der Waals surface area contributed by atoms with Gasteiger partial charge in [0.1, 0.15) is 18.0 Å². The van der Waals surface area contributed by atoms with Gasteiger partial charge in [0.25, 0.3) is 0 Å². The highest BCUT2D eigenvalue weighted by atomic mass is 16.5. The van der Waals surface area contributed by atoms with E-state index in [0.29, 0.717) is 35.4 Å². The summed E-state index contributed by atoms with van der Waals surface area (Å²) in [5.41, 5.74) is 4.79. The van der Waals surface area contributed by atoms with Crippen LogP contribution >= 0.6 is 0 Å². The van der Waals surface area contributed by atoms with Crippen LogP contribution in [0.4, 0.5) is 0 Å². The van der Waals surface area contributed by atoms with Crippen molar-refractivity contribution in [1.82, 2.24) is 30.0 Å². The highest BCUT2D eigenvalue weighted by molar-refractivity contribution is 5.91. The number of pyridine rings is 2. The van der Waals surface area contributed by atoms with Gasteiger partial charge in [-0.15, -0.1) is 10.2 Å². The summed E-state index contributed by atoms with van der Waals surface area (Å²) in [6.45, 7) is 8.90. The summed E-state index contributed by atoms with van der Waals surface area (Å²) >= 11 is 0. The van der Waals surface area contributed by atoms with Crippen LogP contribution in [0.3, 0.4) is 0 Å². The zero-order chi connectivity index (χ0) is 39.3. The largest absolute Gasteiger partial charge is 0.497 e. The number of hydrogen-bond donors (Lipinski definition) is 1. The Kier molecular flexibility index (Phi) is 10.1. The molecule has 12 rings (SSSR count). The molecule has 1 N–H and O–H groups in total. The van der Waals surface area contributed by atoms with Crippen molar-refractivity contribution in [2.45, 2.75) is 83.3 Å². The maximum absolute atomic E-state index is 10.1. The number of piperidine rings is 6. The van der Waals surface area contributed by atoms with E-state index in [2.05, 4.69) is 60.0 Å². The smallest absolute Gasteiger partial charge is 0.242 e. The molecule has 58 heavy (non-hydrogen) atoms. The number of benzene rings is 3. The lowest BCUT2D eigenvalue weighted by atomic mass is 9.72. The minimum absolute atomic E-state index is 0.0362. The van der Waals surface area contributed by atoms with E-state index in [4.69, 9.17) is 34.4 Å². The summed E-state index contributed by atoms with van der Waals surface area (Å²) in [4.78, 5) is 14.8. The van der Waals surface area contributed by atoms with E-state index in [1.54, 1.807) is 7.11 Å². The maximum atomic E-state index is 10.1. The van der Waals surface area contributed by atoms with Crippen LogP contribution in [0.5, 0.6) is 17.5 Å². The Hall–Kier alpha value is -4.90. The number of methoxy groups -OCH3 is 1. The Labute approximate surface area is 340 Å². The van der Waals surface area contributed by atoms with Crippen LogP contribution in [0.2, 0.25) is 0 Å². The van der Waals surface area contributed by atoms with Gasteiger partial charge in [0.2, 0.25) is 11.8 Å². The molecule has 0 saturated carbocycles. The normalized spacial score (nSPS) is 27.5. The lowest BCUT2D eigenvalue weighted by Gasteiger charge is -2.52. The first-order chi connectivity index (χ1) is 28.5. The molecule has 10 atom stereocenters. The van der Waals surface area contributed by atoms with Gasteiger partial charge in [-0.1, -0.05) is 44.9 Å². The van der Waals surface area contributed by atoms with Gasteiger partial charge in [0.05, 0.1) is 47.6 Å². The van der Waals surface area contributed by atoms with E-state index in [1.165, 1.54) is 25.7 Å². The fourth-order valence-corrected chi connectivity index (χ4v) is 11.2. The molecule has 6 fully saturated rings. The first kappa shape index (κ1) is 37.4. The van der Waals surface area contributed by atoms with Crippen molar-refractivity contribution in [3.05, 3.63) is 102 Å². The zero-order valence-corrected chi connectivity index (χ0v) is 33.8. The molecule has 300 valence electrons. The molecule has 6 aliphatic rings. The molecule has 0 radical (unpaired) electrons. The van der Waals surface area contributed by atoms with Gasteiger partial charge < -0.3 is 19.3 Å². The van der Waals surface area contributed by atoms with Crippen LogP contribution in [0.25, 0.3) is 32.6 Å². The van der Waals surface area contributed by atoms with Crippen molar-refractivity contribution in [2.75, 3.05) is 33.3 Å². The van der Waals surface area contributed by atoms with Crippen molar-refractivity contribution >= 4 is 32.6 Å². The van der Waals surface area contributed by atoms with E-state index in [0.717, 1.165) is 94.0 Å². The molecule has 6 aromatic rings. The Morgan fingerprint density at radius 2 is 1.21 bits per heavy atom. The van der Waals surface area contributed by atoms with Gasteiger partial charge in [-0.25, -0.2) is 0 Å². The molecule has 10 nitrogen and oxygen atoms in total. The third-order valence-electron chi connectivity index (χ3n) is 14.3. The van der Waals surface area contributed by atoms with Crippen molar-refractivity contribution < 1.29 is 19.3 Å². The number of fused-ring (bicyclic) bond motifs is 9. The molecule has 9 heterocycles. The molecule has 4 bridgehead atoms. The van der Waals surface area contributed by atoms with E-state index < -0.39 is 0 Å². The Balaban J connectivity index is 1.06. The molecule has 4 unspecified atom stereocenters. The molecule has 3 aromatic carbocycles. The second-order valence-corrected chi connectivity index (χ2v) is 17.2. The number of hydrogen-bond acceptors (Lipinski definition) is 10. The molecule has 6 saturated heterocycles. The van der Waals surface area contributed by atoms with Gasteiger partial charge in [0, 0.05) is 47.4 Å². The quantitative estimate of drug-likeness (QED) is 0.130. The van der Waals surface area contributed by atoms with E-state index in [1.807, 2.05) is 48.8 Å². The van der Waals surface area contributed by atoms with Crippen LogP contribution < -0.4 is 14.2 Å². The topological polar surface area (TPSA) is 106 Å². The molecule has 3 aromatic heterocycles. The van der Waals surface area contributed by atoms with Crippen molar-refractivity contribution in [2.24, 2.45) is 23.7 Å². The van der Waals surface area contributed by atoms with Gasteiger partial charge >= 0.3 is 0 Å². The van der Waals surface area contributed by atoms with Gasteiger partial charge in [-0.05, 0) is 123 Å². The van der Waals surface area contributed by atoms with E-state index in [9.17, 15) is 5.11 Å². The van der Waals surface area contributed by atoms with Crippen LogP contribution in [0.1, 0.15) is 81.3 Å². The third-order valence-corrected chi connectivity index (χ3v) is 14.3. The SMILES string of the molecule is CCC1C[N@@]2CCC1C[C@H]2[C@H](Oc1nnc(O[C@H](c2ccnc3ccc(OC)cc23)[C@@H]2C[C@H]3CCN2CC3CC)c2ccccc12)c1ccnc2ccc(CO)cc12. The highest BCUT2D eigenvalue weighted by Crippen LogP contribution is 2.47. The average Bonchev–Trinajstić information content (AvgIpc) is 3.29. The maximum Gasteiger partial charge on any atom is 0.242 e. The molecular formula is C48H54N6O4. The van der Waals surface area contributed by atoms with Crippen LogP contribution in [0, 0.1) is 23.7 Å². The molecule has 6 aliphatic heterocycles. The monoisotopic (exact) mass is 778 g/mol. The lowest BCUT2D eigenvalue weighted by Crippen LogP contribution is -2.56. The summed E-state index contributed by atoms with van der Waals surface area (Å²) in [6, 6.07) is 24.9. The third kappa shape index (κ3) is 6.63. The second-order valence-electron chi connectivity index (χ2n) is 17.2. The number of aromatic nitrogens is 4. The van der Waals surface area contributed by atoms with E-state index >= 15 is 0 Å². The molecular weight excluding hydrogens is 725 g/mol. The Morgan fingerprint density at radius 1 is 0.672 bits per heavy atom. The lowest BCUT2D eigenvalue weighted by molar-refractivity contribution is -0.0505. The molecule has 10 heteroatoms. The van der Waals surface area contributed by atoms with Crippen molar-refractivity contribution in [3.8, 4) is 17.5 Å². The number of rotatable bonds is 12. The second kappa shape index (κ2) is 15.7. The van der Waals surface area contributed by atoms with E-state index in [-0.39, 0.29) is 30.9 Å². The Morgan fingerprint density at radius 3 is 1.69 bits per heavy atom. The first-order valence-corrected chi connectivity index (χ1v) is 21.5. The number of aliphatic hydroxyl groups excluding tert-OH is 1. The summed E-state index contributed by atoms with van der Waals surface area (Å²) in [7, 11) is 1.71. The predicted octanol–water partition coefficient (Wildman–Crippen LogP) is 8.71. The number of aliphatic hydroxyl groups is 1.